The molecule has 0 aromatic heterocycles. The number of carbonyl (C=O) groups is 1. The van der Waals surface area contributed by atoms with E-state index in [0.29, 0.717) is 25.1 Å². The molecule has 0 aliphatic heterocycles. The lowest BCUT2D eigenvalue weighted by atomic mass is 10.2. The van der Waals surface area contributed by atoms with Crippen LogP contribution in [0.15, 0.2) is 24.3 Å². The topological polar surface area (TPSA) is 62.1 Å². The van der Waals surface area contributed by atoms with Crippen LogP contribution in [-0.4, -0.2) is 19.1 Å². The van der Waals surface area contributed by atoms with Gasteiger partial charge in [-0.1, -0.05) is 13.3 Å². The zero-order valence-electron chi connectivity index (χ0n) is 12.0. The average molecular weight is 274 g/mol. The van der Waals surface area contributed by atoms with E-state index in [-0.39, 0.29) is 5.91 Å². The van der Waals surface area contributed by atoms with E-state index in [1.54, 1.807) is 12.1 Å². The second-order valence-corrected chi connectivity index (χ2v) is 4.60. The third kappa shape index (κ3) is 6.24. The smallest absolute Gasteiger partial charge is 0.251 e. The number of carbonyl (C=O) groups excluding carboxylic acids is 1. The molecule has 108 valence electrons. The third-order valence-electron chi connectivity index (χ3n) is 2.88. The fourth-order valence-electron chi connectivity index (χ4n) is 1.67. The van der Waals surface area contributed by atoms with E-state index in [4.69, 9.17) is 10.00 Å². The van der Waals surface area contributed by atoms with Gasteiger partial charge in [0.25, 0.3) is 5.91 Å². The van der Waals surface area contributed by atoms with Gasteiger partial charge in [-0.3, -0.25) is 4.79 Å². The quantitative estimate of drug-likeness (QED) is 0.703. The summed E-state index contributed by atoms with van der Waals surface area (Å²) in [6, 6.07) is 9.27. The minimum atomic E-state index is -0.0814. The minimum absolute atomic E-state index is 0.0814. The lowest BCUT2D eigenvalue weighted by Gasteiger charge is -2.07. The van der Waals surface area contributed by atoms with Gasteiger partial charge in [0.2, 0.25) is 0 Å². The number of rotatable bonds is 9. The van der Waals surface area contributed by atoms with Gasteiger partial charge < -0.3 is 10.1 Å². The fraction of sp³-hybridized carbons (Fsp3) is 0.500. The molecule has 0 aliphatic rings. The first kappa shape index (κ1) is 16.0. The third-order valence-corrected chi connectivity index (χ3v) is 2.88. The number of nitrogens with zero attached hydrogens (tertiary/aromatic N) is 1. The molecule has 4 nitrogen and oxygen atoms in total. The fourth-order valence-corrected chi connectivity index (χ4v) is 1.67. The normalized spacial score (nSPS) is 9.80. The van der Waals surface area contributed by atoms with Crippen LogP contribution >= 0.6 is 0 Å². The van der Waals surface area contributed by atoms with Crippen molar-refractivity contribution in [3.05, 3.63) is 29.8 Å². The summed E-state index contributed by atoms with van der Waals surface area (Å²) in [6.45, 7) is 3.43. The highest BCUT2D eigenvalue weighted by atomic mass is 16.5. The van der Waals surface area contributed by atoms with Crippen molar-refractivity contribution in [1.82, 2.24) is 5.32 Å². The van der Waals surface area contributed by atoms with Gasteiger partial charge in [-0.15, -0.1) is 0 Å². The Hall–Kier alpha value is -2.02. The van der Waals surface area contributed by atoms with Crippen LogP contribution in [0, 0.1) is 11.3 Å². The molecule has 1 aromatic carbocycles. The van der Waals surface area contributed by atoms with Crippen molar-refractivity contribution in [3.8, 4) is 11.8 Å². The van der Waals surface area contributed by atoms with Crippen LogP contribution in [-0.2, 0) is 0 Å². The maximum Gasteiger partial charge on any atom is 0.251 e. The van der Waals surface area contributed by atoms with Crippen molar-refractivity contribution in [2.24, 2.45) is 0 Å². The lowest BCUT2D eigenvalue weighted by molar-refractivity contribution is 0.0953. The Morgan fingerprint density at radius 3 is 2.65 bits per heavy atom. The SMILES string of the molecule is CCCCOc1ccc(C(=O)NCCCCC#N)cc1. The van der Waals surface area contributed by atoms with Crippen LogP contribution in [0.3, 0.4) is 0 Å². The summed E-state index contributed by atoms with van der Waals surface area (Å²) in [7, 11) is 0. The Morgan fingerprint density at radius 2 is 2.00 bits per heavy atom. The maximum absolute atomic E-state index is 11.8. The number of nitriles is 1. The summed E-state index contributed by atoms with van der Waals surface area (Å²) in [5, 5.41) is 11.2. The highest BCUT2D eigenvalue weighted by Gasteiger charge is 2.04. The number of hydrogen-bond acceptors (Lipinski definition) is 3. The van der Waals surface area contributed by atoms with Crippen LogP contribution in [0.25, 0.3) is 0 Å². The number of unbranched alkanes of at least 4 members (excludes halogenated alkanes) is 3. The molecule has 1 amide bonds. The van der Waals surface area contributed by atoms with Gasteiger partial charge in [0.15, 0.2) is 0 Å². The summed E-state index contributed by atoms with van der Waals surface area (Å²) in [5.41, 5.74) is 0.633. The van der Waals surface area contributed by atoms with E-state index in [0.717, 1.165) is 31.4 Å². The van der Waals surface area contributed by atoms with Crippen molar-refractivity contribution in [2.45, 2.75) is 39.0 Å². The Bertz CT molecular complexity index is 435. The van der Waals surface area contributed by atoms with Crippen molar-refractivity contribution < 1.29 is 9.53 Å². The van der Waals surface area contributed by atoms with E-state index < -0.39 is 0 Å². The van der Waals surface area contributed by atoms with Gasteiger partial charge in [0.1, 0.15) is 5.75 Å². The highest BCUT2D eigenvalue weighted by Crippen LogP contribution is 2.12. The summed E-state index contributed by atoms with van der Waals surface area (Å²) < 4.78 is 5.54. The molecule has 0 fully saturated rings. The second-order valence-electron chi connectivity index (χ2n) is 4.60. The second kappa shape index (κ2) is 9.85. The van der Waals surface area contributed by atoms with Crippen molar-refractivity contribution in [2.75, 3.05) is 13.2 Å². The van der Waals surface area contributed by atoms with E-state index in [1.807, 2.05) is 12.1 Å². The molecule has 1 rings (SSSR count). The zero-order valence-corrected chi connectivity index (χ0v) is 12.0. The van der Waals surface area contributed by atoms with Crippen LogP contribution in [0.2, 0.25) is 0 Å². The first-order valence-electron chi connectivity index (χ1n) is 7.16. The van der Waals surface area contributed by atoms with Gasteiger partial charge in [0.05, 0.1) is 12.7 Å². The molecular formula is C16H22N2O2. The molecule has 0 atom stereocenters. The molecule has 1 N–H and O–H groups in total. The summed E-state index contributed by atoms with van der Waals surface area (Å²) >= 11 is 0. The molecule has 0 unspecified atom stereocenters. The number of nitrogens with one attached hydrogen (secondary N) is 1. The van der Waals surface area contributed by atoms with Crippen molar-refractivity contribution in [1.29, 1.82) is 5.26 Å². The van der Waals surface area contributed by atoms with Gasteiger partial charge in [-0.05, 0) is 43.5 Å². The Kier molecular flexibility index (Phi) is 7.90. The van der Waals surface area contributed by atoms with E-state index in [9.17, 15) is 4.79 Å². The van der Waals surface area contributed by atoms with Crippen molar-refractivity contribution >= 4 is 5.91 Å². The summed E-state index contributed by atoms with van der Waals surface area (Å²) in [6.07, 6.45) is 4.33. The van der Waals surface area contributed by atoms with E-state index in [2.05, 4.69) is 18.3 Å². The predicted molar refractivity (Wildman–Crippen MR) is 78.6 cm³/mol. The minimum Gasteiger partial charge on any atom is -0.494 e. The number of amides is 1. The molecule has 4 heteroatoms. The highest BCUT2D eigenvalue weighted by molar-refractivity contribution is 5.94. The van der Waals surface area contributed by atoms with Gasteiger partial charge in [-0.25, -0.2) is 0 Å². The lowest BCUT2D eigenvalue weighted by Crippen LogP contribution is -2.24. The van der Waals surface area contributed by atoms with E-state index >= 15 is 0 Å². The Morgan fingerprint density at radius 1 is 1.25 bits per heavy atom. The Labute approximate surface area is 120 Å². The van der Waals surface area contributed by atoms with Crippen LogP contribution in [0.4, 0.5) is 0 Å². The van der Waals surface area contributed by atoms with Crippen LogP contribution in [0.1, 0.15) is 49.4 Å². The van der Waals surface area contributed by atoms with Crippen LogP contribution in [0.5, 0.6) is 5.75 Å². The number of benzene rings is 1. The first-order chi connectivity index (χ1) is 9.77. The molecule has 0 saturated heterocycles. The van der Waals surface area contributed by atoms with Crippen molar-refractivity contribution in [3.63, 3.8) is 0 Å². The molecule has 20 heavy (non-hydrogen) atoms. The molecule has 0 aliphatic carbocycles. The molecule has 1 aromatic rings. The number of hydrogen-bond donors (Lipinski definition) is 1. The Balaban J connectivity index is 2.32. The first-order valence-corrected chi connectivity index (χ1v) is 7.16. The summed E-state index contributed by atoms with van der Waals surface area (Å²) in [4.78, 5) is 11.8. The van der Waals surface area contributed by atoms with E-state index in [1.165, 1.54) is 0 Å². The standard InChI is InChI=1S/C16H22N2O2/c1-2-3-13-20-15-9-7-14(8-10-15)16(19)18-12-6-4-5-11-17/h7-10H,2-6,12-13H2,1H3,(H,18,19). The molecule has 0 radical (unpaired) electrons. The average Bonchev–Trinajstić information content (AvgIpc) is 2.48. The molecular weight excluding hydrogens is 252 g/mol. The zero-order chi connectivity index (χ0) is 14.6. The molecule has 0 bridgehead atoms. The summed E-state index contributed by atoms with van der Waals surface area (Å²) in [5.74, 6) is 0.714. The van der Waals surface area contributed by atoms with Gasteiger partial charge in [0, 0.05) is 18.5 Å². The monoisotopic (exact) mass is 274 g/mol. The van der Waals surface area contributed by atoms with Gasteiger partial charge in [-0.2, -0.15) is 5.26 Å². The molecule has 0 saturated carbocycles. The van der Waals surface area contributed by atoms with Gasteiger partial charge >= 0.3 is 0 Å². The maximum atomic E-state index is 11.8. The van der Waals surface area contributed by atoms with Crippen LogP contribution < -0.4 is 10.1 Å². The predicted octanol–water partition coefficient (Wildman–Crippen LogP) is 3.29. The largest absolute Gasteiger partial charge is 0.494 e. The molecule has 0 spiro atoms. The number of ether oxygens (including phenoxy) is 1. The molecule has 0 heterocycles.